The molecule has 1 heterocycles. The van der Waals surface area contributed by atoms with Crippen molar-refractivity contribution < 1.29 is 14.4 Å². The minimum absolute atomic E-state index is 0.0931. The molecule has 0 aromatic heterocycles. The second-order valence-corrected chi connectivity index (χ2v) is 8.17. The van der Waals surface area contributed by atoms with Gasteiger partial charge < -0.3 is 0 Å². The number of carbonyl (C=O) groups excluding carboxylic acids is 3. The number of imide groups is 1. The third-order valence-corrected chi connectivity index (χ3v) is 6.49. The van der Waals surface area contributed by atoms with Gasteiger partial charge in [-0.2, -0.15) is 0 Å². The van der Waals surface area contributed by atoms with E-state index in [4.69, 9.17) is 0 Å². The van der Waals surface area contributed by atoms with E-state index in [0.29, 0.717) is 12.1 Å². The number of fused-ring (bicyclic) bond motifs is 1. The highest BCUT2D eigenvalue weighted by Gasteiger charge is 2.62. The van der Waals surface area contributed by atoms with E-state index in [0.717, 1.165) is 14.7 Å². The molecule has 2 aromatic rings. The van der Waals surface area contributed by atoms with Gasteiger partial charge in [0.05, 0.1) is 23.4 Å². The molecular formula is C20H14INO3. The van der Waals surface area contributed by atoms with Crippen LogP contribution in [0.5, 0.6) is 0 Å². The SMILES string of the molecule is O=C1C[C@H]2c3ccccc3[C@H]1[C@@H]1C(=O)N(c3ccc(I)cc3)C(=O)[C@H]12. The second kappa shape index (κ2) is 5.24. The molecule has 4 aliphatic rings. The summed E-state index contributed by atoms with van der Waals surface area (Å²) in [5, 5.41) is 0. The Hall–Kier alpha value is -2.02. The van der Waals surface area contributed by atoms with Crippen LogP contribution in [-0.2, 0) is 14.4 Å². The van der Waals surface area contributed by atoms with E-state index in [-0.39, 0.29) is 23.5 Å². The van der Waals surface area contributed by atoms with Crippen LogP contribution in [-0.4, -0.2) is 17.6 Å². The minimum Gasteiger partial charge on any atom is -0.299 e. The maximum absolute atomic E-state index is 13.1. The molecule has 2 amide bonds. The predicted molar refractivity (Wildman–Crippen MR) is 100 cm³/mol. The van der Waals surface area contributed by atoms with Gasteiger partial charge in [-0.25, -0.2) is 0 Å². The topological polar surface area (TPSA) is 54.5 Å². The third kappa shape index (κ3) is 1.96. The highest BCUT2D eigenvalue weighted by molar-refractivity contribution is 14.1. The zero-order valence-corrected chi connectivity index (χ0v) is 15.3. The Kier molecular flexibility index (Phi) is 3.20. The molecule has 25 heavy (non-hydrogen) atoms. The van der Waals surface area contributed by atoms with Crippen LogP contribution in [0.25, 0.3) is 0 Å². The number of anilines is 1. The molecule has 0 radical (unpaired) electrons. The fourth-order valence-corrected chi connectivity index (χ4v) is 5.16. The quantitative estimate of drug-likeness (QED) is 0.503. The van der Waals surface area contributed by atoms with Gasteiger partial charge in [0, 0.05) is 15.9 Å². The molecule has 4 nitrogen and oxygen atoms in total. The van der Waals surface area contributed by atoms with Crippen LogP contribution in [0.1, 0.15) is 29.4 Å². The molecule has 4 atom stereocenters. The lowest BCUT2D eigenvalue weighted by atomic mass is 9.56. The molecular weight excluding hydrogens is 429 g/mol. The molecule has 6 rings (SSSR count). The molecule has 3 aliphatic carbocycles. The average molecular weight is 443 g/mol. The normalized spacial score (nSPS) is 29.8. The highest BCUT2D eigenvalue weighted by Crippen LogP contribution is 2.57. The first-order valence-corrected chi connectivity index (χ1v) is 9.40. The van der Waals surface area contributed by atoms with Crippen molar-refractivity contribution in [3.8, 4) is 0 Å². The van der Waals surface area contributed by atoms with Crippen molar-refractivity contribution in [3.05, 3.63) is 63.2 Å². The summed E-state index contributed by atoms with van der Waals surface area (Å²) >= 11 is 2.19. The smallest absolute Gasteiger partial charge is 0.238 e. The third-order valence-electron chi connectivity index (χ3n) is 5.77. The van der Waals surface area contributed by atoms with Gasteiger partial charge in [0.15, 0.2) is 0 Å². The predicted octanol–water partition coefficient (Wildman–Crippen LogP) is 3.25. The minimum atomic E-state index is -0.548. The Balaban J connectivity index is 1.65. The highest BCUT2D eigenvalue weighted by atomic mass is 127. The molecule has 5 heteroatoms. The molecule has 1 aliphatic heterocycles. The number of nitrogens with zero attached hydrogens (tertiary/aromatic N) is 1. The molecule has 0 N–H and O–H groups in total. The van der Waals surface area contributed by atoms with Crippen LogP contribution in [0.4, 0.5) is 5.69 Å². The number of carbonyl (C=O) groups is 3. The average Bonchev–Trinajstić information content (AvgIpc) is 2.88. The molecule has 0 unspecified atom stereocenters. The van der Waals surface area contributed by atoms with Gasteiger partial charge in [-0.15, -0.1) is 0 Å². The van der Waals surface area contributed by atoms with E-state index in [1.54, 1.807) is 12.1 Å². The van der Waals surface area contributed by atoms with Crippen molar-refractivity contribution in [3.63, 3.8) is 0 Å². The monoisotopic (exact) mass is 443 g/mol. The van der Waals surface area contributed by atoms with E-state index in [9.17, 15) is 14.4 Å². The van der Waals surface area contributed by atoms with E-state index in [1.165, 1.54) is 4.90 Å². The zero-order valence-electron chi connectivity index (χ0n) is 13.2. The number of hydrogen-bond acceptors (Lipinski definition) is 3. The Bertz CT molecular complexity index is 936. The molecule has 1 saturated heterocycles. The van der Waals surface area contributed by atoms with Crippen LogP contribution in [0.2, 0.25) is 0 Å². The summed E-state index contributed by atoms with van der Waals surface area (Å²) in [5.41, 5.74) is 2.61. The van der Waals surface area contributed by atoms with Crippen molar-refractivity contribution in [2.24, 2.45) is 11.8 Å². The van der Waals surface area contributed by atoms with E-state index in [2.05, 4.69) is 22.6 Å². The van der Waals surface area contributed by atoms with Crippen molar-refractivity contribution in [2.45, 2.75) is 18.3 Å². The number of Topliss-reactive ketones (excluding diaryl/α,β-unsaturated/α-hetero) is 1. The first-order chi connectivity index (χ1) is 12.1. The zero-order chi connectivity index (χ0) is 17.3. The summed E-state index contributed by atoms with van der Waals surface area (Å²) in [7, 11) is 0. The Labute approximate surface area is 158 Å². The summed E-state index contributed by atoms with van der Waals surface area (Å²) in [6, 6.07) is 15.1. The van der Waals surface area contributed by atoms with Crippen molar-refractivity contribution in [2.75, 3.05) is 4.90 Å². The number of rotatable bonds is 1. The van der Waals surface area contributed by atoms with Crippen LogP contribution in [0.3, 0.4) is 0 Å². The maximum atomic E-state index is 13.1. The first-order valence-electron chi connectivity index (χ1n) is 8.33. The van der Waals surface area contributed by atoms with E-state index in [1.807, 2.05) is 36.4 Å². The van der Waals surface area contributed by atoms with Gasteiger partial charge in [0.1, 0.15) is 5.78 Å². The summed E-state index contributed by atoms with van der Waals surface area (Å²) in [4.78, 5) is 40.2. The molecule has 0 spiro atoms. The van der Waals surface area contributed by atoms with Gasteiger partial charge in [-0.1, -0.05) is 24.3 Å². The fourth-order valence-electron chi connectivity index (χ4n) is 4.80. The van der Waals surface area contributed by atoms with Crippen molar-refractivity contribution in [1.82, 2.24) is 0 Å². The molecule has 124 valence electrons. The Morgan fingerprint density at radius 1 is 0.840 bits per heavy atom. The summed E-state index contributed by atoms with van der Waals surface area (Å²) in [6.07, 6.45) is 0.363. The molecule has 2 aromatic carbocycles. The van der Waals surface area contributed by atoms with Crippen LogP contribution in [0.15, 0.2) is 48.5 Å². The number of amides is 2. The van der Waals surface area contributed by atoms with Gasteiger partial charge >= 0.3 is 0 Å². The van der Waals surface area contributed by atoms with Gasteiger partial charge in [0.2, 0.25) is 11.8 Å². The summed E-state index contributed by atoms with van der Waals surface area (Å²) in [6.45, 7) is 0. The van der Waals surface area contributed by atoms with Gasteiger partial charge in [-0.05, 0) is 58.0 Å². The Morgan fingerprint density at radius 3 is 2.20 bits per heavy atom. The number of hydrogen-bond donors (Lipinski definition) is 0. The van der Waals surface area contributed by atoms with E-state index >= 15 is 0 Å². The van der Waals surface area contributed by atoms with Crippen LogP contribution < -0.4 is 4.90 Å². The lowest BCUT2D eigenvalue weighted by Crippen LogP contribution is -2.44. The van der Waals surface area contributed by atoms with Gasteiger partial charge in [-0.3, -0.25) is 19.3 Å². The maximum Gasteiger partial charge on any atom is 0.238 e. The molecule has 2 bridgehead atoms. The lowest BCUT2D eigenvalue weighted by Gasteiger charge is -2.43. The van der Waals surface area contributed by atoms with Crippen LogP contribution >= 0.6 is 22.6 Å². The fraction of sp³-hybridized carbons (Fsp3) is 0.250. The number of benzene rings is 2. The first kappa shape index (κ1) is 15.3. The second-order valence-electron chi connectivity index (χ2n) is 6.92. The van der Waals surface area contributed by atoms with Crippen molar-refractivity contribution >= 4 is 45.9 Å². The van der Waals surface area contributed by atoms with Crippen LogP contribution in [0, 0.1) is 15.4 Å². The standard InChI is InChI=1S/C20H14INO3/c21-10-5-7-11(8-6-10)22-19(24)17-14-9-15(23)16(18(17)20(22)25)13-4-2-1-3-12(13)14/h1-8,14,16-18H,9H2/t14-,16+,17-,18-/m0/s1. The number of ketones is 1. The Morgan fingerprint density at radius 2 is 1.48 bits per heavy atom. The number of halogens is 1. The lowest BCUT2D eigenvalue weighted by molar-refractivity contribution is -0.134. The van der Waals surface area contributed by atoms with Gasteiger partial charge in [0.25, 0.3) is 0 Å². The summed E-state index contributed by atoms with van der Waals surface area (Å²) < 4.78 is 1.04. The summed E-state index contributed by atoms with van der Waals surface area (Å²) in [5.74, 6) is -1.91. The molecule has 1 saturated carbocycles. The largest absolute Gasteiger partial charge is 0.299 e. The van der Waals surface area contributed by atoms with E-state index < -0.39 is 17.8 Å². The van der Waals surface area contributed by atoms with Crippen molar-refractivity contribution in [1.29, 1.82) is 0 Å². The molecule has 2 fully saturated rings.